The maximum atomic E-state index is 4.44. The van der Waals surface area contributed by atoms with Crippen molar-refractivity contribution in [2.45, 2.75) is 6.42 Å². The number of para-hydroxylation sites is 1. The highest BCUT2D eigenvalue weighted by Crippen LogP contribution is 2.14. The molecule has 2 aromatic carbocycles. The van der Waals surface area contributed by atoms with Crippen LogP contribution in [0.1, 0.15) is 11.4 Å². The van der Waals surface area contributed by atoms with E-state index in [0.29, 0.717) is 0 Å². The summed E-state index contributed by atoms with van der Waals surface area (Å²) >= 11 is 0. The van der Waals surface area contributed by atoms with E-state index < -0.39 is 0 Å². The molecule has 0 fully saturated rings. The van der Waals surface area contributed by atoms with Crippen LogP contribution in [0, 0.1) is 0 Å². The molecule has 0 saturated heterocycles. The molecule has 0 spiro atoms. The molecule has 4 heteroatoms. The first kappa shape index (κ1) is 11.1. The van der Waals surface area contributed by atoms with E-state index in [4.69, 9.17) is 0 Å². The van der Waals surface area contributed by atoms with Crippen molar-refractivity contribution in [1.29, 1.82) is 0 Å². The zero-order chi connectivity index (χ0) is 12.2. The third-order valence-electron chi connectivity index (χ3n) is 2.74. The Bertz CT molecular complexity index is 620. The number of hydrogen-bond donors (Lipinski definition) is 0. The molecule has 0 aliphatic heterocycles. The fourth-order valence-electron chi connectivity index (χ4n) is 1.86. The molecular weight excluding hydrogens is 241 g/mol. The van der Waals surface area contributed by atoms with Crippen LogP contribution in [0.2, 0.25) is 0 Å². The average Bonchev–Trinajstić information content (AvgIpc) is 2.89. The summed E-state index contributed by atoms with van der Waals surface area (Å²) in [5, 5.41) is 0. The van der Waals surface area contributed by atoms with E-state index in [9.17, 15) is 0 Å². The summed E-state index contributed by atoms with van der Waals surface area (Å²) in [5.74, 6) is 0.995. The topological polar surface area (TPSA) is 30.7 Å². The van der Waals surface area contributed by atoms with Crippen LogP contribution in [0.4, 0.5) is 0 Å². The maximum absolute atomic E-state index is 4.44. The Morgan fingerprint density at radius 1 is 0.889 bits per heavy atom. The standard InChI is InChI=1S/C14H12N3P/c1-3-7-12(8-4-1)11-14-15-18-16-17(14)13-9-5-2-6-10-13/h1-10H,11H2. The van der Waals surface area contributed by atoms with Gasteiger partial charge in [0.05, 0.1) is 5.69 Å². The van der Waals surface area contributed by atoms with Crippen LogP contribution in [0.25, 0.3) is 5.69 Å². The van der Waals surface area contributed by atoms with Gasteiger partial charge in [0.1, 0.15) is 5.82 Å². The molecule has 3 rings (SSSR count). The fraction of sp³-hybridized carbons (Fsp3) is 0.0714. The molecular formula is C14H12N3P. The van der Waals surface area contributed by atoms with Gasteiger partial charge >= 0.3 is 0 Å². The van der Waals surface area contributed by atoms with E-state index in [1.807, 2.05) is 53.2 Å². The fourth-order valence-corrected chi connectivity index (χ4v) is 2.45. The minimum Gasteiger partial charge on any atom is -0.213 e. The molecule has 0 radical (unpaired) electrons. The Balaban J connectivity index is 1.93. The van der Waals surface area contributed by atoms with Crippen LogP contribution in [-0.2, 0) is 6.42 Å². The highest BCUT2D eigenvalue weighted by atomic mass is 31.1. The van der Waals surface area contributed by atoms with Gasteiger partial charge < -0.3 is 0 Å². The normalized spacial score (nSPS) is 10.9. The van der Waals surface area contributed by atoms with Crippen molar-refractivity contribution in [2.75, 3.05) is 0 Å². The second kappa shape index (κ2) is 5.11. The third kappa shape index (κ3) is 2.31. The Kier molecular flexibility index (Phi) is 3.16. The van der Waals surface area contributed by atoms with Crippen LogP contribution in [-0.4, -0.2) is 14.3 Å². The minimum atomic E-state index is 0.764. The molecule has 0 N–H and O–H groups in total. The van der Waals surface area contributed by atoms with E-state index in [-0.39, 0.29) is 0 Å². The molecule has 0 atom stereocenters. The first-order valence-electron chi connectivity index (χ1n) is 5.80. The number of nitrogens with zero attached hydrogens (tertiary/aromatic N) is 3. The molecule has 0 aliphatic carbocycles. The van der Waals surface area contributed by atoms with Crippen molar-refractivity contribution >= 4 is 8.51 Å². The monoisotopic (exact) mass is 253 g/mol. The summed E-state index contributed by atoms with van der Waals surface area (Å²) in [6.45, 7) is 0. The van der Waals surface area contributed by atoms with Crippen molar-refractivity contribution < 1.29 is 0 Å². The lowest BCUT2D eigenvalue weighted by atomic mass is 10.1. The molecule has 3 aromatic rings. The summed E-state index contributed by atoms with van der Waals surface area (Å²) in [5.41, 5.74) is 2.32. The summed E-state index contributed by atoms with van der Waals surface area (Å²) in [4.78, 5) is 4.39. The summed E-state index contributed by atoms with van der Waals surface area (Å²) < 4.78 is 6.36. The van der Waals surface area contributed by atoms with Crippen LogP contribution in [0.3, 0.4) is 0 Å². The third-order valence-corrected chi connectivity index (χ3v) is 3.32. The Morgan fingerprint density at radius 3 is 2.28 bits per heavy atom. The van der Waals surface area contributed by atoms with Crippen LogP contribution in [0.5, 0.6) is 0 Å². The van der Waals surface area contributed by atoms with Gasteiger partial charge in [-0.05, 0) is 17.7 Å². The molecule has 0 aliphatic rings. The molecule has 0 saturated carbocycles. The molecule has 3 nitrogen and oxygen atoms in total. The average molecular weight is 253 g/mol. The van der Waals surface area contributed by atoms with Gasteiger partial charge in [-0.15, -0.1) is 4.86 Å². The second-order valence-corrected chi connectivity index (χ2v) is 4.56. The van der Waals surface area contributed by atoms with Crippen LogP contribution >= 0.6 is 8.51 Å². The number of aromatic nitrogens is 3. The Labute approximate surface area is 107 Å². The largest absolute Gasteiger partial charge is 0.213 e. The van der Waals surface area contributed by atoms with E-state index in [2.05, 4.69) is 21.7 Å². The van der Waals surface area contributed by atoms with E-state index in [1.165, 1.54) is 5.56 Å². The molecule has 1 aromatic heterocycles. The van der Waals surface area contributed by atoms with Crippen LogP contribution in [0.15, 0.2) is 60.7 Å². The van der Waals surface area contributed by atoms with Gasteiger partial charge in [0.25, 0.3) is 0 Å². The molecule has 18 heavy (non-hydrogen) atoms. The molecule has 1 heterocycles. The quantitative estimate of drug-likeness (QED) is 0.715. The maximum Gasteiger partial charge on any atom is 0.178 e. The molecule has 0 amide bonds. The number of hydrogen-bond acceptors (Lipinski definition) is 2. The van der Waals surface area contributed by atoms with Crippen LogP contribution < -0.4 is 0 Å². The lowest BCUT2D eigenvalue weighted by molar-refractivity contribution is 0.821. The van der Waals surface area contributed by atoms with E-state index >= 15 is 0 Å². The first-order valence-corrected chi connectivity index (χ1v) is 6.60. The van der Waals surface area contributed by atoms with Crippen molar-refractivity contribution in [3.8, 4) is 5.69 Å². The molecule has 88 valence electrons. The van der Waals surface area contributed by atoms with Crippen molar-refractivity contribution in [3.05, 3.63) is 72.1 Å². The predicted molar refractivity (Wildman–Crippen MR) is 73.1 cm³/mol. The van der Waals surface area contributed by atoms with Gasteiger partial charge in [0.15, 0.2) is 8.51 Å². The van der Waals surface area contributed by atoms with Gasteiger partial charge in [0.2, 0.25) is 0 Å². The van der Waals surface area contributed by atoms with Gasteiger partial charge in [-0.3, -0.25) is 0 Å². The highest BCUT2D eigenvalue weighted by molar-refractivity contribution is 7.20. The zero-order valence-electron chi connectivity index (χ0n) is 9.77. The van der Waals surface area contributed by atoms with Crippen molar-refractivity contribution in [1.82, 2.24) is 14.3 Å². The summed E-state index contributed by atoms with van der Waals surface area (Å²) in [6.07, 6.45) is 0.812. The first-order chi connectivity index (χ1) is 8.93. The smallest absolute Gasteiger partial charge is 0.178 e. The lowest BCUT2D eigenvalue weighted by Gasteiger charge is -2.05. The molecule has 0 unspecified atom stereocenters. The van der Waals surface area contributed by atoms with Crippen molar-refractivity contribution in [2.24, 2.45) is 0 Å². The van der Waals surface area contributed by atoms with Gasteiger partial charge in [-0.25, -0.2) is 4.68 Å². The van der Waals surface area contributed by atoms with Gasteiger partial charge in [-0.1, -0.05) is 48.5 Å². The van der Waals surface area contributed by atoms with Gasteiger partial charge in [-0.2, -0.15) is 4.75 Å². The van der Waals surface area contributed by atoms with E-state index in [0.717, 1.165) is 26.4 Å². The van der Waals surface area contributed by atoms with Gasteiger partial charge in [0, 0.05) is 6.42 Å². The predicted octanol–water partition coefficient (Wildman–Crippen LogP) is 3.44. The Hall–Kier alpha value is -1.99. The summed E-state index contributed by atoms with van der Waals surface area (Å²) in [7, 11) is 0.764. The molecule has 0 bridgehead atoms. The lowest BCUT2D eigenvalue weighted by Crippen LogP contribution is -2.03. The number of rotatable bonds is 3. The second-order valence-electron chi connectivity index (χ2n) is 4.00. The Morgan fingerprint density at radius 2 is 1.56 bits per heavy atom. The minimum absolute atomic E-state index is 0.764. The highest BCUT2D eigenvalue weighted by Gasteiger charge is 2.07. The zero-order valence-corrected chi connectivity index (χ0v) is 10.7. The SMILES string of the molecule is c1ccc(Cc2npnn2-c2ccccc2)cc1. The van der Waals surface area contributed by atoms with Crippen molar-refractivity contribution in [3.63, 3.8) is 0 Å². The number of benzene rings is 2. The summed E-state index contributed by atoms with van der Waals surface area (Å²) in [6, 6.07) is 20.5. The van der Waals surface area contributed by atoms with E-state index in [1.54, 1.807) is 0 Å².